The number of fused-ring (bicyclic) bond motifs is 2. The Hall–Kier alpha value is -3.52. The van der Waals surface area contributed by atoms with Gasteiger partial charge in [0.1, 0.15) is 17.8 Å². The highest BCUT2D eigenvalue weighted by molar-refractivity contribution is 6.30. The van der Waals surface area contributed by atoms with Gasteiger partial charge in [0.25, 0.3) is 0 Å². The summed E-state index contributed by atoms with van der Waals surface area (Å²) in [7, 11) is 0. The van der Waals surface area contributed by atoms with Crippen LogP contribution >= 0.6 is 11.6 Å². The highest BCUT2D eigenvalue weighted by Crippen LogP contribution is 2.23. The number of benzene rings is 2. The van der Waals surface area contributed by atoms with Crippen molar-refractivity contribution in [3.63, 3.8) is 0 Å². The summed E-state index contributed by atoms with van der Waals surface area (Å²) in [6.45, 7) is 0.655. The zero-order chi connectivity index (χ0) is 22.2. The molecule has 0 bridgehead atoms. The smallest absolute Gasteiger partial charge is 0.410 e. The third-order valence-corrected chi connectivity index (χ3v) is 6.21. The lowest BCUT2D eigenvalue weighted by Gasteiger charge is -2.44. The van der Waals surface area contributed by atoms with Crippen LogP contribution in [-0.4, -0.2) is 64.4 Å². The van der Waals surface area contributed by atoms with E-state index >= 15 is 0 Å². The Bertz CT molecular complexity index is 1190. The van der Waals surface area contributed by atoms with Crippen LogP contribution in [0.1, 0.15) is 5.56 Å². The Morgan fingerprint density at radius 1 is 1.09 bits per heavy atom. The number of halogens is 1. The van der Waals surface area contributed by atoms with Gasteiger partial charge in [0, 0.05) is 41.6 Å². The van der Waals surface area contributed by atoms with Gasteiger partial charge in [-0.2, -0.15) is 0 Å². The van der Waals surface area contributed by atoms with Gasteiger partial charge in [-0.3, -0.25) is 9.59 Å². The number of piperazine rings is 2. The molecule has 2 aliphatic rings. The highest BCUT2D eigenvalue weighted by Gasteiger charge is 2.44. The van der Waals surface area contributed by atoms with Crippen LogP contribution in [-0.2, 0) is 16.0 Å². The lowest BCUT2D eigenvalue weighted by Crippen LogP contribution is -2.70. The molecule has 0 saturated carbocycles. The first-order valence-electron chi connectivity index (χ1n) is 10.4. The van der Waals surface area contributed by atoms with Gasteiger partial charge >= 0.3 is 6.09 Å². The molecule has 0 radical (unpaired) electrons. The number of carbonyl (C=O) groups excluding carboxylic acids is 3. The molecule has 3 amide bonds. The van der Waals surface area contributed by atoms with E-state index in [0.717, 1.165) is 16.5 Å². The molecule has 2 N–H and O–H groups in total. The number of rotatable bonds is 3. The number of amides is 3. The van der Waals surface area contributed by atoms with Crippen molar-refractivity contribution in [3.05, 3.63) is 65.3 Å². The predicted octanol–water partition coefficient (Wildman–Crippen LogP) is 2.57. The normalized spacial score (nSPS) is 20.8. The number of aromatic amines is 1. The summed E-state index contributed by atoms with van der Waals surface area (Å²) in [5, 5.41) is 4.42. The number of aromatic nitrogens is 1. The summed E-state index contributed by atoms with van der Waals surface area (Å²) in [5.74, 6) is -0.0335. The van der Waals surface area contributed by atoms with Crippen LogP contribution in [0.25, 0.3) is 10.9 Å². The van der Waals surface area contributed by atoms with Crippen molar-refractivity contribution in [1.29, 1.82) is 0 Å². The van der Waals surface area contributed by atoms with Crippen molar-refractivity contribution in [2.75, 3.05) is 19.6 Å². The van der Waals surface area contributed by atoms with Crippen molar-refractivity contribution < 1.29 is 19.1 Å². The monoisotopic (exact) mass is 452 g/mol. The van der Waals surface area contributed by atoms with E-state index in [-0.39, 0.29) is 24.9 Å². The van der Waals surface area contributed by atoms with Crippen molar-refractivity contribution in [2.24, 2.45) is 0 Å². The number of ether oxygens (including phenoxy) is 1. The van der Waals surface area contributed by atoms with Crippen LogP contribution in [0, 0.1) is 0 Å². The van der Waals surface area contributed by atoms with E-state index in [1.807, 2.05) is 30.5 Å². The van der Waals surface area contributed by atoms with Crippen LogP contribution in [0.15, 0.2) is 54.7 Å². The van der Waals surface area contributed by atoms with E-state index in [2.05, 4.69) is 10.3 Å². The van der Waals surface area contributed by atoms with E-state index in [1.54, 1.807) is 29.2 Å². The molecule has 2 aromatic carbocycles. The van der Waals surface area contributed by atoms with Crippen molar-refractivity contribution in [2.45, 2.75) is 18.5 Å². The molecule has 32 heavy (non-hydrogen) atoms. The fraction of sp³-hybridized carbons (Fsp3) is 0.261. The van der Waals surface area contributed by atoms with Gasteiger partial charge in [-0.15, -0.1) is 0 Å². The Kier molecular flexibility index (Phi) is 5.22. The lowest BCUT2D eigenvalue weighted by atomic mass is 9.98. The number of hydrogen-bond acceptors (Lipinski definition) is 4. The maximum atomic E-state index is 13.1. The largest absolute Gasteiger partial charge is 0.415 e. The number of H-pyrrole nitrogens is 1. The second kappa shape index (κ2) is 8.20. The Morgan fingerprint density at radius 3 is 2.69 bits per heavy atom. The van der Waals surface area contributed by atoms with Crippen molar-refractivity contribution in [3.8, 4) is 5.75 Å². The summed E-state index contributed by atoms with van der Waals surface area (Å²) in [6, 6.07) is 12.9. The first-order chi connectivity index (χ1) is 15.5. The van der Waals surface area contributed by atoms with E-state index in [9.17, 15) is 14.4 Å². The topological polar surface area (TPSA) is 94.7 Å². The van der Waals surface area contributed by atoms with Gasteiger partial charge in [0.05, 0.1) is 6.54 Å². The van der Waals surface area contributed by atoms with Crippen molar-refractivity contribution >= 4 is 40.4 Å². The van der Waals surface area contributed by atoms with Gasteiger partial charge in [-0.05, 0) is 35.9 Å². The SMILES string of the molecule is O=C1N[C@@H](Cc2c[nH]c3ccccc23)C(=O)N2CCN(C(=O)Oc3ccc(Cl)cc3)C[C@H]12. The molecule has 164 valence electrons. The number of nitrogens with zero attached hydrogens (tertiary/aromatic N) is 2. The second-order valence-corrected chi connectivity index (χ2v) is 8.38. The Balaban J connectivity index is 1.26. The Morgan fingerprint density at radius 2 is 1.88 bits per heavy atom. The number of hydrogen-bond donors (Lipinski definition) is 2. The molecule has 2 fully saturated rings. The first-order valence-corrected chi connectivity index (χ1v) is 10.8. The van der Waals surface area contributed by atoms with Gasteiger partial charge in [0.2, 0.25) is 11.8 Å². The summed E-state index contributed by atoms with van der Waals surface area (Å²) < 4.78 is 5.37. The first kappa shape index (κ1) is 20.4. The molecule has 0 unspecified atom stereocenters. The van der Waals surface area contributed by atoms with E-state index in [0.29, 0.717) is 23.7 Å². The molecule has 9 heteroatoms. The van der Waals surface area contributed by atoms with E-state index in [1.165, 1.54) is 4.90 Å². The average Bonchev–Trinajstić information content (AvgIpc) is 3.21. The van der Waals surface area contributed by atoms with Crippen LogP contribution < -0.4 is 10.1 Å². The fourth-order valence-electron chi connectivity index (χ4n) is 4.29. The number of carbonyl (C=O) groups is 3. The lowest BCUT2D eigenvalue weighted by molar-refractivity contribution is -0.152. The van der Waals surface area contributed by atoms with E-state index in [4.69, 9.17) is 16.3 Å². The molecule has 2 atom stereocenters. The average molecular weight is 453 g/mol. The maximum absolute atomic E-state index is 13.1. The Labute approximate surface area is 189 Å². The second-order valence-electron chi connectivity index (χ2n) is 7.94. The summed E-state index contributed by atoms with van der Waals surface area (Å²) in [6.07, 6.45) is 1.72. The fourth-order valence-corrected chi connectivity index (χ4v) is 4.42. The third-order valence-electron chi connectivity index (χ3n) is 5.96. The molecule has 2 aliphatic heterocycles. The molecule has 3 aromatic rings. The molecule has 2 saturated heterocycles. The zero-order valence-corrected chi connectivity index (χ0v) is 17.8. The molecule has 1 aromatic heterocycles. The van der Waals surface area contributed by atoms with Crippen LogP contribution in [0.3, 0.4) is 0 Å². The molecular formula is C23H21ClN4O4. The van der Waals surface area contributed by atoms with Gasteiger partial charge in [-0.25, -0.2) is 4.79 Å². The van der Waals surface area contributed by atoms with Crippen molar-refractivity contribution in [1.82, 2.24) is 20.1 Å². The molecular weight excluding hydrogens is 432 g/mol. The minimum absolute atomic E-state index is 0.0871. The highest BCUT2D eigenvalue weighted by atomic mass is 35.5. The van der Waals surface area contributed by atoms with E-state index < -0.39 is 18.2 Å². The minimum atomic E-state index is -0.728. The predicted molar refractivity (Wildman–Crippen MR) is 118 cm³/mol. The van der Waals surface area contributed by atoms with Gasteiger partial charge in [-0.1, -0.05) is 29.8 Å². The van der Waals surface area contributed by atoms with Crippen LogP contribution in [0.2, 0.25) is 5.02 Å². The summed E-state index contributed by atoms with van der Waals surface area (Å²) in [5.41, 5.74) is 1.96. The van der Waals surface area contributed by atoms with Crippen LogP contribution in [0.5, 0.6) is 5.75 Å². The summed E-state index contributed by atoms with van der Waals surface area (Å²) >= 11 is 5.85. The summed E-state index contributed by atoms with van der Waals surface area (Å²) in [4.78, 5) is 44.7. The number of nitrogens with one attached hydrogen (secondary N) is 2. The standard InChI is InChI=1S/C23H21ClN4O4/c24-15-5-7-16(8-6-15)32-23(31)27-9-10-28-20(13-27)21(29)26-19(22(28)30)11-14-12-25-18-4-2-1-3-17(14)18/h1-8,12,19-20,25H,9-11,13H2,(H,26,29)/t19-,20+/m0/s1. The molecule has 5 rings (SSSR count). The maximum Gasteiger partial charge on any atom is 0.415 e. The third kappa shape index (κ3) is 3.78. The minimum Gasteiger partial charge on any atom is -0.410 e. The molecule has 0 aliphatic carbocycles. The molecule has 0 spiro atoms. The van der Waals surface area contributed by atoms with Crippen LogP contribution in [0.4, 0.5) is 4.79 Å². The molecule has 8 nitrogen and oxygen atoms in total. The van der Waals surface area contributed by atoms with Gasteiger partial charge < -0.3 is 24.8 Å². The number of para-hydroxylation sites is 1. The quantitative estimate of drug-likeness (QED) is 0.638. The van der Waals surface area contributed by atoms with Gasteiger partial charge in [0.15, 0.2) is 0 Å². The molecule has 3 heterocycles. The zero-order valence-electron chi connectivity index (χ0n) is 17.1.